The second-order valence-electron chi connectivity index (χ2n) is 7.20. The lowest BCUT2D eigenvalue weighted by Crippen LogP contribution is -2.45. The maximum absolute atomic E-state index is 11.6. The molecule has 0 aromatic heterocycles. The van der Waals surface area contributed by atoms with E-state index in [1.165, 1.54) is 12.7 Å². The first-order valence-corrected chi connectivity index (χ1v) is 9.35. The summed E-state index contributed by atoms with van der Waals surface area (Å²) in [6, 6.07) is 15.9. The molecule has 140 valence electrons. The summed E-state index contributed by atoms with van der Waals surface area (Å²) in [5, 5.41) is 3.59. The van der Waals surface area contributed by atoms with E-state index in [1.807, 2.05) is 12.1 Å². The third kappa shape index (κ3) is 3.60. The van der Waals surface area contributed by atoms with Crippen molar-refractivity contribution in [2.75, 3.05) is 25.6 Å². The molecular weight excluding hydrogens is 340 g/mol. The Morgan fingerprint density at radius 2 is 1.89 bits per heavy atom. The molecule has 1 spiro atoms. The van der Waals surface area contributed by atoms with Gasteiger partial charge in [-0.1, -0.05) is 30.3 Å². The van der Waals surface area contributed by atoms with E-state index in [9.17, 15) is 4.79 Å². The number of fused-ring (bicyclic) bond motifs is 1. The summed E-state index contributed by atoms with van der Waals surface area (Å²) in [5.74, 6) is 0.737. The smallest absolute Gasteiger partial charge is 0.337 e. The number of aliphatic imine (C=N–C) groups is 1. The van der Waals surface area contributed by atoms with Gasteiger partial charge >= 0.3 is 5.97 Å². The number of benzene rings is 2. The molecule has 0 unspecified atom stereocenters. The number of hydrogen-bond acceptors (Lipinski definition) is 4. The second kappa shape index (κ2) is 7.53. The van der Waals surface area contributed by atoms with E-state index >= 15 is 0 Å². The fourth-order valence-electron chi connectivity index (χ4n) is 3.92. The molecule has 5 nitrogen and oxygen atoms in total. The quantitative estimate of drug-likeness (QED) is 0.841. The largest absolute Gasteiger partial charge is 0.465 e. The van der Waals surface area contributed by atoms with Crippen LogP contribution < -0.4 is 5.32 Å². The third-order valence-electron chi connectivity index (χ3n) is 5.55. The summed E-state index contributed by atoms with van der Waals surface area (Å²) in [6.45, 7) is 2.13. The number of ether oxygens (including phenoxy) is 2. The first-order valence-electron chi connectivity index (χ1n) is 9.35. The van der Waals surface area contributed by atoms with Crippen LogP contribution in [0.4, 0.5) is 5.69 Å². The molecule has 0 saturated carbocycles. The van der Waals surface area contributed by atoms with Gasteiger partial charge in [-0.15, -0.1) is 0 Å². The molecule has 0 aliphatic carbocycles. The highest BCUT2D eigenvalue weighted by atomic mass is 16.5. The first-order chi connectivity index (χ1) is 13.2. The van der Waals surface area contributed by atoms with Crippen LogP contribution in [-0.2, 0) is 22.4 Å². The zero-order valence-electron chi connectivity index (χ0n) is 15.5. The van der Waals surface area contributed by atoms with Crippen LogP contribution in [0.1, 0.15) is 34.3 Å². The molecule has 1 N–H and O–H groups in total. The van der Waals surface area contributed by atoms with Crippen molar-refractivity contribution in [3.63, 3.8) is 0 Å². The Morgan fingerprint density at radius 1 is 1.15 bits per heavy atom. The summed E-state index contributed by atoms with van der Waals surface area (Å²) in [7, 11) is 1.39. The second-order valence-corrected chi connectivity index (χ2v) is 7.20. The lowest BCUT2D eigenvalue weighted by molar-refractivity contribution is 0.0448. The lowest BCUT2D eigenvalue weighted by atomic mass is 9.71. The van der Waals surface area contributed by atoms with Crippen molar-refractivity contribution in [3.05, 3.63) is 65.2 Å². The zero-order valence-corrected chi connectivity index (χ0v) is 15.5. The molecule has 2 aliphatic heterocycles. The van der Waals surface area contributed by atoms with Crippen LogP contribution in [0.2, 0.25) is 0 Å². The van der Waals surface area contributed by atoms with E-state index in [0.29, 0.717) is 12.1 Å². The van der Waals surface area contributed by atoms with Gasteiger partial charge in [0.25, 0.3) is 0 Å². The predicted molar refractivity (Wildman–Crippen MR) is 105 cm³/mol. The number of carbonyl (C=O) groups is 1. The molecule has 4 rings (SSSR count). The number of anilines is 1. The van der Waals surface area contributed by atoms with Gasteiger partial charge < -0.3 is 14.8 Å². The number of nitrogens with zero attached hydrogens (tertiary/aromatic N) is 1. The minimum absolute atomic E-state index is 0.0263. The molecular formula is C22H24N2O3. The fraction of sp³-hybridized carbons (Fsp3) is 0.364. The van der Waals surface area contributed by atoms with Crippen LogP contribution >= 0.6 is 0 Å². The molecule has 1 saturated heterocycles. The van der Waals surface area contributed by atoms with Gasteiger partial charge in [-0.2, -0.15) is 0 Å². The molecule has 5 heteroatoms. The van der Waals surface area contributed by atoms with Crippen molar-refractivity contribution >= 4 is 17.5 Å². The van der Waals surface area contributed by atoms with Crippen molar-refractivity contribution in [1.29, 1.82) is 0 Å². The molecule has 0 amide bonds. The molecule has 2 aromatic carbocycles. The van der Waals surface area contributed by atoms with E-state index in [4.69, 9.17) is 14.5 Å². The topological polar surface area (TPSA) is 59.9 Å². The van der Waals surface area contributed by atoms with Gasteiger partial charge in [0, 0.05) is 24.3 Å². The number of carbonyl (C=O) groups excluding carboxylic acids is 1. The minimum Gasteiger partial charge on any atom is -0.465 e. The zero-order chi connectivity index (χ0) is 18.7. The highest BCUT2D eigenvalue weighted by molar-refractivity contribution is 6.02. The summed E-state index contributed by atoms with van der Waals surface area (Å²) < 4.78 is 10.4. The Hall–Kier alpha value is -2.66. The molecule has 2 heterocycles. The summed E-state index contributed by atoms with van der Waals surface area (Å²) in [6.07, 6.45) is 2.96. The van der Waals surface area contributed by atoms with E-state index < -0.39 is 0 Å². The average Bonchev–Trinajstić information content (AvgIpc) is 2.72. The Kier molecular flexibility index (Phi) is 4.94. The SMILES string of the molecule is COC(=O)c1ccc(CN=C2Nc3ccccc3CC23CCOCC3)cc1. The van der Waals surface area contributed by atoms with E-state index in [1.54, 1.807) is 12.1 Å². The fourth-order valence-corrected chi connectivity index (χ4v) is 3.92. The van der Waals surface area contributed by atoms with Crippen LogP contribution in [0.3, 0.4) is 0 Å². The number of esters is 1. The van der Waals surface area contributed by atoms with Crippen LogP contribution in [-0.4, -0.2) is 32.1 Å². The highest BCUT2D eigenvalue weighted by Crippen LogP contribution is 2.41. The number of para-hydroxylation sites is 1. The molecule has 0 atom stereocenters. The predicted octanol–water partition coefficient (Wildman–Crippen LogP) is 3.84. The maximum Gasteiger partial charge on any atom is 0.337 e. The number of hydrogen-bond donors (Lipinski definition) is 1. The van der Waals surface area contributed by atoms with Crippen molar-refractivity contribution in [1.82, 2.24) is 0 Å². The van der Waals surface area contributed by atoms with Crippen molar-refractivity contribution in [2.45, 2.75) is 25.8 Å². The van der Waals surface area contributed by atoms with Crippen molar-refractivity contribution in [2.24, 2.45) is 10.4 Å². The molecule has 2 aliphatic rings. The third-order valence-corrected chi connectivity index (χ3v) is 5.55. The molecule has 0 radical (unpaired) electrons. The van der Waals surface area contributed by atoms with Gasteiger partial charge in [0.2, 0.25) is 0 Å². The highest BCUT2D eigenvalue weighted by Gasteiger charge is 2.41. The number of amidine groups is 1. The Morgan fingerprint density at radius 3 is 2.63 bits per heavy atom. The Labute approximate surface area is 159 Å². The van der Waals surface area contributed by atoms with Crippen LogP contribution in [0.15, 0.2) is 53.5 Å². The van der Waals surface area contributed by atoms with Gasteiger partial charge in [-0.05, 0) is 48.6 Å². The molecule has 1 fully saturated rings. The molecule has 27 heavy (non-hydrogen) atoms. The number of nitrogens with one attached hydrogen (secondary N) is 1. The standard InChI is InChI=1S/C22H24N2O3/c1-26-20(25)17-8-6-16(7-9-17)15-23-21-22(10-12-27-13-11-22)14-18-4-2-3-5-19(18)24-21/h2-9H,10-15H2,1H3,(H,23,24). The molecule has 2 aromatic rings. The lowest BCUT2D eigenvalue weighted by Gasteiger charge is -2.42. The first kappa shape index (κ1) is 17.7. The monoisotopic (exact) mass is 364 g/mol. The van der Waals surface area contributed by atoms with Crippen molar-refractivity contribution < 1.29 is 14.3 Å². The average molecular weight is 364 g/mol. The van der Waals surface area contributed by atoms with Gasteiger partial charge in [-0.25, -0.2) is 4.79 Å². The van der Waals surface area contributed by atoms with Gasteiger partial charge in [0.15, 0.2) is 0 Å². The van der Waals surface area contributed by atoms with Crippen LogP contribution in [0.25, 0.3) is 0 Å². The van der Waals surface area contributed by atoms with E-state index in [-0.39, 0.29) is 11.4 Å². The van der Waals surface area contributed by atoms with Crippen LogP contribution in [0, 0.1) is 5.41 Å². The van der Waals surface area contributed by atoms with Gasteiger partial charge in [0.05, 0.1) is 19.2 Å². The summed E-state index contributed by atoms with van der Waals surface area (Å²) >= 11 is 0. The number of methoxy groups -OCH3 is 1. The van der Waals surface area contributed by atoms with Crippen molar-refractivity contribution in [3.8, 4) is 0 Å². The maximum atomic E-state index is 11.6. The Bertz CT molecular complexity index is 852. The van der Waals surface area contributed by atoms with E-state index in [0.717, 1.165) is 49.6 Å². The van der Waals surface area contributed by atoms with E-state index in [2.05, 4.69) is 29.6 Å². The number of rotatable bonds is 3. The van der Waals surface area contributed by atoms with Gasteiger partial charge in [0.1, 0.15) is 5.84 Å². The molecule has 0 bridgehead atoms. The normalized spacial score (nSPS) is 19.4. The van der Waals surface area contributed by atoms with Gasteiger partial charge in [-0.3, -0.25) is 4.99 Å². The van der Waals surface area contributed by atoms with Crippen LogP contribution in [0.5, 0.6) is 0 Å². The summed E-state index contributed by atoms with van der Waals surface area (Å²) in [5.41, 5.74) is 4.14. The Balaban J connectivity index is 1.59. The minimum atomic E-state index is -0.320. The summed E-state index contributed by atoms with van der Waals surface area (Å²) in [4.78, 5) is 16.5.